The first kappa shape index (κ1) is 17.6. The zero-order chi connectivity index (χ0) is 17.0. The van der Waals surface area contributed by atoms with E-state index in [9.17, 15) is 9.59 Å². The van der Waals surface area contributed by atoms with Gasteiger partial charge in [0.2, 0.25) is 0 Å². The van der Waals surface area contributed by atoms with Crippen LogP contribution < -0.4 is 0 Å². The fourth-order valence-corrected chi connectivity index (χ4v) is 2.87. The average Bonchev–Trinajstić information content (AvgIpc) is 2.78. The monoisotopic (exact) mass is 322 g/mol. The molecule has 0 spiro atoms. The van der Waals surface area contributed by atoms with Gasteiger partial charge in [-0.15, -0.1) is 12.3 Å². The van der Waals surface area contributed by atoms with Crippen molar-refractivity contribution in [2.24, 2.45) is 5.92 Å². The molecular formula is C17H26N2O4. The largest absolute Gasteiger partial charge is 0.461 e. The maximum Gasteiger partial charge on any atom is 0.410 e. The number of cyclic esters (lactones) is 1. The Bertz CT molecular complexity index is 484. The summed E-state index contributed by atoms with van der Waals surface area (Å²) in [6, 6.07) is 0. The summed E-state index contributed by atoms with van der Waals surface area (Å²) in [6.07, 6.45) is 6.05. The van der Waals surface area contributed by atoms with Gasteiger partial charge in [0.1, 0.15) is 11.7 Å². The SMILES string of the molecule is C#CC[C@@H]1C[C@@H](CN2CCN(C(=O)OC(C)(C)C)CC2)OC1=O. The number of carbonyl (C=O) groups excluding carboxylic acids is 2. The Balaban J connectivity index is 1.74. The molecular weight excluding hydrogens is 296 g/mol. The summed E-state index contributed by atoms with van der Waals surface area (Å²) < 4.78 is 10.8. The normalized spacial score (nSPS) is 25.8. The Labute approximate surface area is 138 Å². The second-order valence-electron chi connectivity index (χ2n) is 7.17. The molecule has 2 saturated heterocycles. The van der Waals surface area contributed by atoms with Crippen molar-refractivity contribution in [1.82, 2.24) is 9.80 Å². The molecule has 23 heavy (non-hydrogen) atoms. The van der Waals surface area contributed by atoms with Crippen molar-refractivity contribution in [1.29, 1.82) is 0 Å². The maximum atomic E-state index is 12.0. The van der Waals surface area contributed by atoms with E-state index in [4.69, 9.17) is 15.9 Å². The summed E-state index contributed by atoms with van der Waals surface area (Å²) in [5.41, 5.74) is -0.474. The van der Waals surface area contributed by atoms with Crippen LogP contribution in [0, 0.1) is 18.3 Å². The van der Waals surface area contributed by atoms with Gasteiger partial charge in [-0.3, -0.25) is 9.69 Å². The molecule has 0 unspecified atom stereocenters. The summed E-state index contributed by atoms with van der Waals surface area (Å²) in [7, 11) is 0. The van der Waals surface area contributed by atoms with E-state index < -0.39 is 5.60 Å². The fourth-order valence-electron chi connectivity index (χ4n) is 2.87. The van der Waals surface area contributed by atoms with E-state index in [1.807, 2.05) is 20.8 Å². The quantitative estimate of drug-likeness (QED) is 0.582. The molecule has 6 heteroatoms. The Kier molecular flexibility index (Phi) is 5.53. The van der Waals surface area contributed by atoms with E-state index in [2.05, 4.69) is 10.8 Å². The summed E-state index contributed by atoms with van der Waals surface area (Å²) in [6.45, 7) is 9.06. The molecule has 0 radical (unpaired) electrons. The van der Waals surface area contributed by atoms with Gasteiger partial charge in [-0.05, 0) is 27.2 Å². The summed E-state index contributed by atoms with van der Waals surface area (Å²) >= 11 is 0. The number of rotatable bonds is 3. The molecule has 2 atom stereocenters. The molecule has 0 aromatic heterocycles. The van der Waals surface area contributed by atoms with Crippen LogP contribution in [-0.4, -0.2) is 66.3 Å². The van der Waals surface area contributed by atoms with Crippen molar-refractivity contribution < 1.29 is 19.1 Å². The van der Waals surface area contributed by atoms with Crippen LogP contribution in [0.3, 0.4) is 0 Å². The lowest BCUT2D eigenvalue weighted by Crippen LogP contribution is -2.51. The van der Waals surface area contributed by atoms with Crippen LogP contribution in [-0.2, 0) is 14.3 Å². The van der Waals surface area contributed by atoms with E-state index in [0.717, 1.165) is 13.1 Å². The molecule has 6 nitrogen and oxygen atoms in total. The van der Waals surface area contributed by atoms with Gasteiger partial charge in [0, 0.05) is 39.1 Å². The van der Waals surface area contributed by atoms with Gasteiger partial charge < -0.3 is 14.4 Å². The van der Waals surface area contributed by atoms with E-state index in [0.29, 0.717) is 32.5 Å². The minimum absolute atomic E-state index is 0.0890. The number of amides is 1. The number of terminal acetylenes is 1. The highest BCUT2D eigenvalue weighted by molar-refractivity contribution is 5.75. The van der Waals surface area contributed by atoms with Crippen LogP contribution in [0.2, 0.25) is 0 Å². The number of nitrogens with zero attached hydrogens (tertiary/aromatic N) is 2. The Hall–Kier alpha value is -1.74. The first-order valence-corrected chi connectivity index (χ1v) is 8.12. The zero-order valence-corrected chi connectivity index (χ0v) is 14.2. The lowest BCUT2D eigenvalue weighted by Gasteiger charge is -2.36. The highest BCUT2D eigenvalue weighted by atomic mass is 16.6. The van der Waals surface area contributed by atoms with Gasteiger partial charge in [-0.25, -0.2) is 4.79 Å². The molecule has 2 fully saturated rings. The molecule has 0 aromatic carbocycles. The number of hydrogen-bond donors (Lipinski definition) is 0. The van der Waals surface area contributed by atoms with Crippen molar-refractivity contribution in [2.75, 3.05) is 32.7 Å². The summed E-state index contributed by atoms with van der Waals surface area (Å²) in [5, 5.41) is 0. The molecule has 0 saturated carbocycles. The molecule has 128 valence electrons. The van der Waals surface area contributed by atoms with Crippen molar-refractivity contribution in [3.8, 4) is 12.3 Å². The standard InChI is InChI=1S/C17H26N2O4/c1-5-6-13-11-14(22-15(13)20)12-18-7-9-19(10-8-18)16(21)23-17(2,3)4/h1,13-14H,6-12H2,2-4H3/t13-,14+/m1/s1. The number of ether oxygens (including phenoxy) is 2. The molecule has 0 aliphatic carbocycles. The highest BCUT2D eigenvalue weighted by Gasteiger charge is 2.35. The van der Waals surface area contributed by atoms with Crippen LogP contribution in [0.25, 0.3) is 0 Å². The predicted molar refractivity (Wildman–Crippen MR) is 85.7 cm³/mol. The lowest BCUT2D eigenvalue weighted by atomic mass is 10.0. The molecule has 2 heterocycles. The fraction of sp³-hybridized carbons (Fsp3) is 0.765. The number of hydrogen-bond acceptors (Lipinski definition) is 5. The van der Waals surface area contributed by atoms with Crippen LogP contribution in [0.1, 0.15) is 33.6 Å². The van der Waals surface area contributed by atoms with Crippen molar-refractivity contribution in [3.63, 3.8) is 0 Å². The number of carbonyl (C=O) groups is 2. The maximum absolute atomic E-state index is 12.0. The first-order valence-electron chi connectivity index (χ1n) is 8.12. The molecule has 0 aromatic rings. The van der Waals surface area contributed by atoms with Crippen molar-refractivity contribution in [3.05, 3.63) is 0 Å². The van der Waals surface area contributed by atoms with Gasteiger partial charge in [0.05, 0.1) is 5.92 Å². The second-order valence-corrected chi connectivity index (χ2v) is 7.17. The minimum Gasteiger partial charge on any atom is -0.461 e. The topological polar surface area (TPSA) is 59.1 Å². The summed E-state index contributed by atoms with van der Waals surface area (Å²) in [5.74, 6) is 2.19. The van der Waals surface area contributed by atoms with Gasteiger partial charge in [0.15, 0.2) is 0 Å². The lowest BCUT2D eigenvalue weighted by molar-refractivity contribution is -0.144. The second kappa shape index (κ2) is 7.22. The minimum atomic E-state index is -0.474. The molecule has 0 bridgehead atoms. The number of piperazine rings is 1. The molecule has 2 aliphatic heterocycles. The third-order valence-corrected chi connectivity index (χ3v) is 4.01. The van der Waals surface area contributed by atoms with Crippen LogP contribution in [0.15, 0.2) is 0 Å². The third kappa shape index (κ3) is 5.14. The smallest absolute Gasteiger partial charge is 0.410 e. The van der Waals surface area contributed by atoms with E-state index >= 15 is 0 Å². The van der Waals surface area contributed by atoms with Crippen LogP contribution in [0.5, 0.6) is 0 Å². The molecule has 0 N–H and O–H groups in total. The van der Waals surface area contributed by atoms with Crippen LogP contribution >= 0.6 is 0 Å². The van der Waals surface area contributed by atoms with Crippen molar-refractivity contribution >= 4 is 12.1 Å². The van der Waals surface area contributed by atoms with E-state index in [1.165, 1.54) is 0 Å². The molecule has 2 rings (SSSR count). The van der Waals surface area contributed by atoms with Crippen molar-refractivity contribution in [2.45, 2.75) is 45.3 Å². The van der Waals surface area contributed by atoms with Gasteiger partial charge in [-0.1, -0.05) is 0 Å². The third-order valence-electron chi connectivity index (χ3n) is 4.01. The zero-order valence-electron chi connectivity index (χ0n) is 14.2. The Morgan fingerprint density at radius 2 is 2.00 bits per heavy atom. The summed E-state index contributed by atoms with van der Waals surface area (Å²) in [4.78, 5) is 27.6. The van der Waals surface area contributed by atoms with Gasteiger partial charge in [-0.2, -0.15) is 0 Å². The average molecular weight is 322 g/mol. The molecule has 2 aliphatic rings. The van der Waals surface area contributed by atoms with Crippen LogP contribution in [0.4, 0.5) is 4.79 Å². The predicted octanol–water partition coefficient (Wildman–Crippen LogP) is 1.49. The van der Waals surface area contributed by atoms with E-state index in [-0.39, 0.29) is 24.1 Å². The van der Waals surface area contributed by atoms with E-state index in [1.54, 1.807) is 4.90 Å². The van der Waals surface area contributed by atoms with Gasteiger partial charge in [0.25, 0.3) is 0 Å². The number of esters is 1. The highest BCUT2D eigenvalue weighted by Crippen LogP contribution is 2.24. The first-order chi connectivity index (χ1) is 10.8. The van der Waals surface area contributed by atoms with Gasteiger partial charge >= 0.3 is 12.1 Å². The Morgan fingerprint density at radius 1 is 1.35 bits per heavy atom. The molecule has 1 amide bonds. The Morgan fingerprint density at radius 3 is 2.57 bits per heavy atom.